The number of hydrogen-bond donors (Lipinski definition) is 1. The molecule has 1 unspecified atom stereocenters. The van der Waals surface area contributed by atoms with Crippen LogP contribution in [0, 0.1) is 0 Å². The van der Waals surface area contributed by atoms with Gasteiger partial charge in [0.1, 0.15) is 6.10 Å². The Morgan fingerprint density at radius 2 is 2.10 bits per heavy atom. The highest BCUT2D eigenvalue weighted by Gasteiger charge is 2.31. The van der Waals surface area contributed by atoms with Crippen LogP contribution in [0.5, 0.6) is 0 Å². The minimum absolute atomic E-state index is 0.0549. The van der Waals surface area contributed by atoms with Gasteiger partial charge in [-0.25, -0.2) is 0 Å². The zero-order valence-electron chi connectivity index (χ0n) is 10.5. The quantitative estimate of drug-likeness (QED) is 0.901. The van der Waals surface area contributed by atoms with E-state index in [1.807, 2.05) is 0 Å². The minimum atomic E-state index is -4.48. The van der Waals surface area contributed by atoms with E-state index >= 15 is 0 Å². The Balaban J connectivity index is 2.13. The number of ether oxygens (including phenoxy) is 1. The number of carbonyl (C=O) groups excluding carboxylic acids is 1. The van der Waals surface area contributed by atoms with Crippen LogP contribution < -0.4 is 5.32 Å². The van der Waals surface area contributed by atoms with Crippen molar-refractivity contribution in [3.8, 4) is 0 Å². The maximum atomic E-state index is 12.6. The third-order valence-electron chi connectivity index (χ3n) is 3.02. The van der Waals surface area contributed by atoms with Gasteiger partial charge in [-0.15, -0.1) is 0 Å². The molecule has 1 fully saturated rings. The Bertz CT molecular complexity index is 499. The maximum Gasteiger partial charge on any atom is 0.416 e. The van der Waals surface area contributed by atoms with E-state index in [0.29, 0.717) is 13.0 Å². The molecule has 1 aliphatic rings. The number of benzene rings is 1. The van der Waals surface area contributed by atoms with Gasteiger partial charge in [0, 0.05) is 6.61 Å². The lowest BCUT2D eigenvalue weighted by Crippen LogP contribution is -2.33. The maximum absolute atomic E-state index is 12.6. The molecule has 0 saturated carbocycles. The Morgan fingerprint density at radius 3 is 2.70 bits per heavy atom. The molecule has 1 saturated heterocycles. The Morgan fingerprint density at radius 1 is 1.35 bits per heavy atom. The van der Waals surface area contributed by atoms with Crippen LogP contribution in [0.25, 0.3) is 0 Å². The van der Waals surface area contributed by atoms with Crippen LogP contribution >= 0.6 is 11.6 Å². The summed E-state index contributed by atoms with van der Waals surface area (Å²) in [6.45, 7) is 0.481. The van der Waals surface area contributed by atoms with E-state index in [9.17, 15) is 18.0 Å². The van der Waals surface area contributed by atoms with Crippen LogP contribution in [0.15, 0.2) is 18.2 Å². The van der Waals surface area contributed by atoms with Crippen molar-refractivity contribution in [1.82, 2.24) is 0 Å². The number of hydrogen-bond acceptors (Lipinski definition) is 2. The highest BCUT2D eigenvalue weighted by atomic mass is 35.5. The second-order valence-electron chi connectivity index (χ2n) is 4.54. The molecule has 1 atom stereocenters. The first-order valence-corrected chi connectivity index (χ1v) is 6.55. The van der Waals surface area contributed by atoms with E-state index in [2.05, 4.69) is 5.32 Å². The van der Waals surface area contributed by atoms with E-state index in [-0.39, 0.29) is 10.7 Å². The molecule has 20 heavy (non-hydrogen) atoms. The molecule has 1 aliphatic heterocycles. The number of nitrogens with one attached hydrogen (secondary N) is 1. The van der Waals surface area contributed by atoms with Gasteiger partial charge in [-0.2, -0.15) is 13.2 Å². The van der Waals surface area contributed by atoms with Gasteiger partial charge in [0.25, 0.3) is 5.91 Å². The molecule has 0 aromatic heterocycles. The molecule has 0 radical (unpaired) electrons. The lowest BCUT2D eigenvalue weighted by molar-refractivity contribution is -0.137. The molecule has 1 aromatic rings. The van der Waals surface area contributed by atoms with Crippen molar-refractivity contribution in [1.29, 1.82) is 0 Å². The summed E-state index contributed by atoms with van der Waals surface area (Å²) in [6, 6.07) is 2.81. The van der Waals surface area contributed by atoms with E-state index in [0.717, 1.165) is 31.0 Å². The first-order chi connectivity index (χ1) is 9.38. The van der Waals surface area contributed by atoms with E-state index < -0.39 is 23.8 Å². The molecule has 0 aliphatic carbocycles. The summed E-state index contributed by atoms with van der Waals surface area (Å²) >= 11 is 5.81. The number of halogens is 4. The Hall–Kier alpha value is -1.27. The summed E-state index contributed by atoms with van der Waals surface area (Å²) < 4.78 is 43.1. The minimum Gasteiger partial charge on any atom is -0.368 e. The number of alkyl halides is 3. The molecule has 1 aromatic carbocycles. The molecular weight excluding hydrogens is 295 g/mol. The van der Waals surface area contributed by atoms with Crippen molar-refractivity contribution in [2.24, 2.45) is 0 Å². The topological polar surface area (TPSA) is 38.3 Å². The van der Waals surface area contributed by atoms with E-state index in [1.54, 1.807) is 0 Å². The predicted molar refractivity (Wildman–Crippen MR) is 68.7 cm³/mol. The van der Waals surface area contributed by atoms with Crippen molar-refractivity contribution >= 4 is 23.2 Å². The monoisotopic (exact) mass is 307 g/mol. The molecule has 2 rings (SSSR count). The fourth-order valence-electron chi connectivity index (χ4n) is 1.96. The van der Waals surface area contributed by atoms with Crippen molar-refractivity contribution in [2.75, 3.05) is 11.9 Å². The average Bonchev–Trinajstić information content (AvgIpc) is 2.41. The highest BCUT2D eigenvalue weighted by Crippen LogP contribution is 2.34. The SMILES string of the molecule is O=C(Nc1cc(C(F)(F)F)ccc1Cl)C1CCCCO1. The molecule has 0 spiro atoms. The lowest BCUT2D eigenvalue weighted by atomic mass is 10.1. The standard InChI is InChI=1S/C13H13ClF3NO2/c14-9-5-4-8(13(15,16)17)7-10(9)18-12(19)11-3-1-2-6-20-11/h4-5,7,11H,1-3,6H2,(H,18,19). The van der Waals surface area contributed by atoms with Crippen molar-refractivity contribution < 1.29 is 22.7 Å². The lowest BCUT2D eigenvalue weighted by Gasteiger charge is -2.22. The van der Waals surface area contributed by atoms with Crippen LogP contribution in [0.4, 0.5) is 18.9 Å². The predicted octanol–water partition coefficient (Wildman–Crippen LogP) is 3.87. The van der Waals surface area contributed by atoms with Gasteiger partial charge in [0.2, 0.25) is 0 Å². The van der Waals surface area contributed by atoms with Crippen LogP contribution in [-0.2, 0) is 15.7 Å². The number of rotatable bonds is 2. The van der Waals surface area contributed by atoms with Crippen molar-refractivity contribution in [2.45, 2.75) is 31.5 Å². The van der Waals surface area contributed by atoms with Crippen molar-refractivity contribution in [3.05, 3.63) is 28.8 Å². The van der Waals surface area contributed by atoms with Crippen molar-refractivity contribution in [3.63, 3.8) is 0 Å². The van der Waals surface area contributed by atoms with Gasteiger partial charge in [0.05, 0.1) is 16.3 Å². The van der Waals surface area contributed by atoms with E-state index in [1.165, 1.54) is 0 Å². The summed E-state index contributed by atoms with van der Waals surface area (Å²) in [5, 5.41) is 2.45. The fourth-order valence-corrected chi connectivity index (χ4v) is 2.12. The number of amides is 1. The van der Waals surface area contributed by atoms with Crippen LogP contribution in [0.2, 0.25) is 5.02 Å². The third kappa shape index (κ3) is 3.64. The summed E-state index contributed by atoms with van der Waals surface area (Å²) in [4.78, 5) is 11.9. The van der Waals surface area contributed by atoms with Gasteiger partial charge < -0.3 is 10.1 Å². The molecule has 1 heterocycles. The summed E-state index contributed by atoms with van der Waals surface area (Å²) in [6.07, 6.45) is -2.81. The molecule has 7 heteroatoms. The molecule has 1 N–H and O–H groups in total. The molecular formula is C13H13ClF3NO2. The second kappa shape index (κ2) is 6.01. The van der Waals surface area contributed by atoms with Crippen LogP contribution in [-0.4, -0.2) is 18.6 Å². The third-order valence-corrected chi connectivity index (χ3v) is 3.35. The molecule has 1 amide bonds. The molecule has 110 valence electrons. The zero-order valence-corrected chi connectivity index (χ0v) is 11.2. The molecule has 3 nitrogen and oxygen atoms in total. The van der Waals surface area contributed by atoms with Gasteiger partial charge in [0.15, 0.2) is 0 Å². The second-order valence-corrected chi connectivity index (χ2v) is 4.94. The molecule has 0 bridgehead atoms. The van der Waals surface area contributed by atoms with Gasteiger partial charge in [-0.05, 0) is 37.5 Å². The summed E-state index contributed by atoms with van der Waals surface area (Å²) in [5.41, 5.74) is -0.914. The average molecular weight is 308 g/mol. The first kappa shape index (κ1) is 15.1. The van der Waals surface area contributed by atoms with Crippen LogP contribution in [0.3, 0.4) is 0 Å². The summed E-state index contributed by atoms with van der Waals surface area (Å²) in [5.74, 6) is -0.467. The van der Waals surface area contributed by atoms with E-state index in [4.69, 9.17) is 16.3 Å². The number of carbonyl (C=O) groups is 1. The normalized spacial score (nSPS) is 19.7. The highest BCUT2D eigenvalue weighted by molar-refractivity contribution is 6.33. The fraction of sp³-hybridized carbons (Fsp3) is 0.462. The summed E-state index contributed by atoms with van der Waals surface area (Å²) in [7, 11) is 0. The largest absolute Gasteiger partial charge is 0.416 e. The first-order valence-electron chi connectivity index (χ1n) is 6.17. The van der Waals surface area contributed by atoms with Gasteiger partial charge >= 0.3 is 6.18 Å². The smallest absolute Gasteiger partial charge is 0.368 e. The zero-order chi connectivity index (χ0) is 14.8. The number of anilines is 1. The Kier molecular flexibility index (Phi) is 4.55. The van der Waals surface area contributed by atoms with Crippen LogP contribution in [0.1, 0.15) is 24.8 Å². The Labute approximate surface area is 119 Å². The van der Waals surface area contributed by atoms with Gasteiger partial charge in [-0.3, -0.25) is 4.79 Å². The van der Waals surface area contributed by atoms with Gasteiger partial charge in [-0.1, -0.05) is 11.6 Å².